The Bertz CT molecular complexity index is 2110. The molecule has 0 saturated carbocycles. The van der Waals surface area contributed by atoms with Crippen molar-refractivity contribution in [2.75, 3.05) is 13.2 Å². The van der Waals surface area contributed by atoms with Crippen molar-refractivity contribution < 1.29 is 89.7 Å². The molecule has 3 aliphatic rings. The van der Waals surface area contributed by atoms with Gasteiger partial charge in [-0.3, -0.25) is 0 Å². The number of fused-ring (bicyclic) bond motifs is 1. The summed E-state index contributed by atoms with van der Waals surface area (Å²) in [5.74, 6) is -0.792. The maximum atomic E-state index is 10.7. The van der Waals surface area contributed by atoms with Crippen LogP contribution in [0.1, 0.15) is 34.5 Å². The van der Waals surface area contributed by atoms with Crippen LogP contribution < -0.4 is 18.9 Å². The van der Waals surface area contributed by atoms with E-state index < -0.39 is 92.6 Å². The van der Waals surface area contributed by atoms with Gasteiger partial charge in [0.15, 0.2) is 35.2 Å². The molecule has 0 spiro atoms. The van der Waals surface area contributed by atoms with Gasteiger partial charge in [-0.05, 0) is 59.7 Å². The number of aliphatic hydroxyl groups is 8. The monoisotopic (exact) mass is 810 g/mol. The third kappa shape index (κ3) is 8.43. The molecule has 7 rings (SSSR count). The zero-order valence-electron chi connectivity index (χ0n) is 30.2. The number of aliphatic hydroxyl groups excluding tert-OH is 8. The third-order valence-electron chi connectivity index (χ3n) is 9.90. The van der Waals surface area contributed by atoms with E-state index in [0.717, 1.165) is 0 Å². The molecule has 0 radical (unpaired) electrons. The van der Waals surface area contributed by atoms with Gasteiger partial charge in [0.05, 0.1) is 13.2 Å². The van der Waals surface area contributed by atoms with E-state index in [1.165, 1.54) is 54.6 Å². The van der Waals surface area contributed by atoms with Crippen molar-refractivity contribution in [3.8, 4) is 46.0 Å². The summed E-state index contributed by atoms with van der Waals surface area (Å²) in [5.41, 5.74) is 1.69. The summed E-state index contributed by atoms with van der Waals surface area (Å²) in [7, 11) is 0. The van der Waals surface area contributed by atoms with Gasteiger partial charge in [0.2, 0.25) is 12.6 Å². The van der Waals surface area contributed by atoms with Crippen molar-refractivity contribution in [2.24, 2.45) is 0 Å². The van der Waals surface area contributed by atoms with E-state index in [0.29, 0.717) is 16.7 Å². The maximum absolute atomic E-state index is 10.7. The average molecular weight is 811 g/mol. The van der Waals surface area contributed by atoms with Crippen LogP contribution in [0.25, 0.3) is 12.2 Å². The molecule has 2 fully saturated rings. The zero-order chi connectivity index (χ0) is 41.4. The first-order valence-electron chi connectivity index (χ1n) is 18.0. The summed E-state index contributed by atoms with van der Waals surface area (Å²) in [5, 5.41) is 122. The van der Waals surface area contributed by atoms with Crippen LogP contribution in [-0.4, -0.2) is 136 Å². The van der Waals surface area contributed by atoms with E-state index >= 15 is 0 Å². The van der Waals surface area contributed by atoms with Crippen LogP contribution in [0.4, 0.5) is 0 Å². The number of aromatic hydroxyl groups is 4. The molecule has 2 saturated heterocycles. The predicted molar refractivity (Wildman–Crippen MR) is 197 cm³/mol. The highest BCUT2D eigenvalue weighted by Crippen LogP contribution is 2.48. The smallest absolute Gasteiger partial charge is 0.229 e. The second-order valence-corrected chi connectivity index (χ2v) is 14.0. The second kappa shape index (κ2) is 16.8. The van der Waals surface area contributed by atoms with Crippen molar-refractivity contribution in [3.05, 3.63) is 95.1 Å². The molecule has 0 bridgehead atoms. The van der Waals surface area contributed by atoms with E-state index in [4.69, 9.17) is 28.4 Å². The highest BCUT2D eigenvalue weighted by Gasteiger charge is 2.46. The second-order valence-electron chi connectivity index (χ2n) is 14.0. The molecule has 58 heavy (non-hydrogen) atoms. The summed E-state index contributed by atoms with van der Waals surface area (Å²) in [6.45, 7) is -1.32. The number of benzene rings is 4. The van der Waals surface area contributed by atoms with Crippen LogP contribution in [0.5, 0.6) is 46.0 Å². The standard InChI is InChI=1S/C40H42O18/c41-15-29-31(47)33(49)35(51)39(57-29)53-23-8-18(7-21(43)13-23)2-1-17-3-6-27-28(9-17)56-37(19-4-5-25(45)26(46)12-19)38(55-27)20-10-22(44)14-24(11-20)54-40-36(52)34(50)32(48)30(16-42)58-40/h1-14,29-52H,15-16H2/b2-1+/t29-,30-,31-,32-,33+,34+,35-,36-,37+,38+,39-,40-/m1/s1. The molecule has 0 amide bonds. The molecule has 18 heteroatoms. The molecule has 310 valence electrons. The van der Waals surface area contributed by atoms with Crippen molar-refractivity contribution in [3.63, 3.8) is 0 Å². The number of rotatable bonds is 10. The molecule has 3 aliphatic heterocycles. The predicted octanol–water partition coefficient (Wildman–Crippen LogP) is 0.291. The Morgan fingerprint density at radius 3 is 1.64 bits per heavy atom. The molecule has 3 heterocycles. The van der Waals surface area contributed by atoms with Crippen LogP contribution in [0.15, 0.2) is 72.8 Å². The first-order chi connectivity index (χ1) is 27.7. The lowest BCUT2D eigenvalue weighted by Gasteiger charge is -2.39. The first-order valence-corrected chi connectivity index (χ1v) is 18.0. The van der Waals surface area contributed by atoms with E-state index in [1.54, 1.807) is 30.4 Å². The van der Waals surface area contributed by atoms with Gasteiger partial charge in [0, 0.05) is 23.3 Å². The summed E-state index contributed by atoms with van der Waals surface area (Å²) in [4.78, 5) is 0. The van der Waals surface area contributed by atoms with Gasteiger partial charge >= 0.3 is 0 Å². The fourth-order valence-electron chi connectivity index (χ4n) is 6.82. The largest absolute Gasteiger partial charge is 0.508 e. The lowest BCUT2D eigenvalue weighted by molar-refractivity contribution is -0.277. The zero-order valence-corrected chi connectivity index (χ0v) is 30.2. The molecule has 0 aromatic heterocycles. The molecule has 12 atom stereocenters. The van der Waals surface area contributed by atoms with Crippen LogP contribution in [0.3, 0.4) is 0 Å². The Kier molecular flexibility index (Phi) is 11.8. The van der Waals surface area contributed by atoms with E-state index in [9.17, 15) is 61.3 Å². The normalized spacial score (nSPS) is 30.9. The summed E-state index contributed by atoms with van der Waals surface area (Å²) >= 11 is 0. The molecule has 4 aromatic carbocycles. The highest BCUT2D eigenvalue weighted by molar-refractivity contribution is 5.72. The van der Waals surface area contributed by atoms with Gasteiger partial charge in [0.25, 0.3) is 0 Å². The van der Waals surface area contributed by atoms with E-state index in [1.807, 2.05) is 0 Å². The van der Waals surface area contributed by atoms with Gasteiger partial charge in [0.1, 0.15) is 71.8 Å². The maximum Gasteiger partial charge on any atom is 0.229 e. The lowest BCUT2D eigenvalue weighted by Crippen LogP contribution is -2.60. The van der Waals surface area contributed by atoms with Crippen molar-refractivity contribution in [2.45, 2.75) is 73.6 Å². The summed E-state index contributed by atoms with van der Waals surface area (Å²) in [6.07, 6.45) is -14.1. The number of ether oxygens (including phenoxy) is 6. The molecular formula is C40H42O18. The lowest BCUT2D eigenvalue weighted by atomic mass is 9.95. The fraction of sp³-hybridized carbons (Fsp3) is 0.350. The van der Waals surface area contributed by atoms with Gasteiger partial charge in [-0.15, -0.1) is 0 Å². The van der Waals surface area contributed by atoms with Gasteiger partial charge in [-0.1, -0.05) is 24.3 Å². The van der Waals surface area contributed by atoms with E-state index in [-0.39, 0.29) is 45.8 Å². The minimum absolute atomic E-state index is 0.0461. The van der Waals surface area contributed by atoms with Crippen LogP contribution in [0, 0.1) is 0 Å². The molecule has 4 aromatic rings. The Hall–Kier alpha value is -5.38. The van der Waals surface area contributed by atoms with Gasteiger partial charge in [-0.25, -0.2) is 0 Å². The first kappa shape index (κ1) is 40.8. The molecule has 0 aliphatic carbocycles. The molecule has 0 unspecified atom stereocenters. The highest BCUT2D eigenvalue weighted by atomic mass is 16.7. The Balaban J connectivity index is 1.14. The number of phenolic OH excluding ortho intramolecular Hbond substituents is 4. The molecular weight excluding hydrogens is 768 g/mol. The van der Waals surface area contributed by atoms with Crippen LogP contribution in [0.2, 0.25) is 0 Å². The quantitative estimate of drug-likeness (QED) is 0.0757. The third-order valence-corrected chi connectivity index (χ3v) is 9.90. The van der Waals surface area contributed by atoms with Crippen LogP contribution in [-0.2, 0) is 9.47 Å². The Morgan fingerprint density at radius 2 is 1.03 bits per heavy atom. The number of hydrogen-bond donors (Lipinski definition) is 12. The topological polar surface area (TPSA) is 298 Å². The van der Waals surface area contributed by atoms with Crippen LogP contribution >= 0.6 is 0 Å². The van der Waals surface area contributed by atoms with Crippen molar-refractivity contribution in [1.29, 1.82) is 0 Å². The fourth-order valence-corrected chi connectivity index (χ4v) is 6.82. The molecule has 18 nitrogen and oxygen atoms in total. The van der Waals surface area contributed by atoms with E-state index in [2.05, 4.69) is 0 Å². The van der Waals surface area contributed by atoms with Gasteiger partial charge < -0.3 is 89.7 Å². The van der Waals surface area contributed by atoms with Crippen molar-refractivity contribution >= 4 is 12.2 Å². The molecule has 12 N–H and O–H groups in total. The SMILES string of the molecule is OC[C@H]1O[C@@H](Oc2cc(O)cc(/C=C/c3ccc4c(c3)O[C@@H](c3ccc(O)c(O)c3)[C@H](c3cc(O)cc(O[C@@H]5O[C@H](CO)[C@@H](O)[C@H](O)[C@H]5O)c3)O4)c2)[C@H](O)[C@@H](O)[C@@H]1O. The Morgan fingerprint density at radius 1 is 0.483 bits per heavy atom. The van der Waals surface area contributed by atoms with Crippen molar-refractivity contribution in [1.82, 2.24) is 0 Å². The Labute approximate surface area is 329 Å². The number of phenols is 4. The average Bonchev–Trinajstić information content (AvgIpc) is 3.20. The summed E-state index contributed by atoms with van der Waals surface area (Å²) in [6, 6.07) is 17.2. The summed E-state index contributed by atoms with van der Waals surface area (Å²) < 4.78 is 35.2. The minimum atomic E-state index is -1.72. The number of hydrogen-bond acceptors (Lipinski definition) is 18. The minimum Gasteiger partial charge on any atom is -0.508 e. The van der Waals surface area contributed by atoms with Gasteiger partial charge in [-0.2, -0.15) is 0 Å².